The van der Waals surface area contributed by atoms with Crippen LogP contribution in [0.2, 0.25) is 0 Å². The first kappa shape index (κ1) is 18.0. The van der Waals surface area contributed by atoms with Crippen molar-refractivity contribution in [3.05, 3.63) is 48.3 Å². The van der Waals surface area contributed by atoms with Crippen molar-refractivity contribution in [2.75, 3.05) is 26.2 Å². The van der Waals surface area contributed by atoms with Gasteiger partial charge in [-0.15, -0.1) is 0 Å². The van der Waals surface area contributed by atoms with Crippen LogP contribution in [0.4, 0.5) is 4.79 Å². The van der Waals surface area contributed by atoms with Gasteiger partial charge in [0.05, 0.1) is 0 Å². The van der Waals surface area contributed by atoms with E-state index < -0.39 is 0 Å². The van der Waals surface area contributed by atoms with Crippen LogP contribution in [0.15, 0.2) is 36.9 Å². The number of nitrogens with zero attached hydrogens (tertiary/aromatic N) is 4. The van der Waals surface area contributed by atoms with Crippen molar-refractivity contribution in [2.45, 2.75) is 44.2 Å². The maximum atomic E-state index is 12.7. The van der Waals surface area contributed by atoms with Crippen LogP contribution in [0.25, 0.3) is 0 Å². The first-order valence-electron chi connectivity index (χ1n) is 9.94. The molecule has 0 radical (unpaired) electrons. The average Bonchev–Trinajstić information content (AvgIpc) is 3.25. The summed E-state index contributed by atoms with van der Waals surface area (Å²) in [4.78, 5) is 28.9. The number of urea groups is 1. The molecule has 2 aromatic rings. The SMILES string of the molecule is O=C(NC1CCN(Cc2cccnc2)CC1)N1CCCC(c2ncc[nH]2)C1. The quantitative estimate of drug-likeness (QED) is 0.869. The lowest BCUT2D eigenvalue weighted by atomic mass is 9.97. The Morgan fingerprint density at radius 2 is 2.11 bits per heavy atom. The van der Waals surface area contributed by atoms with Gasteiger partial charge in [0.1, 0.15) is 5.82 Å². The number of hydrogen-bond acceptors (Lipinski definition) is 4. The highest BCUT2D eigenvalue weighted by molar-refractivity contribution is 5.74. The summed E-state index contributed by atoms with van der Waals surface area (Å²) >= 11 is 0. The van der Waals surface area contributed by atoms with Gasteiger partial charge in [-0.2, -0.15) is 0 Å². The Bertz CT molecular complexity index is 711. The molecule has 7 heteroatoms. The zero-order chi connectivity index (χ0) is 18.5. The van der Waals surface area contributed by atoms with Crippen LogP contribution >= 0.6 is 0 Å². The Morgan fingerprint density at radius 3 is 2.85 bits per heavy atom. The smallest absolute Gasteiger partial charge is 0.317 e. The van der Waals surface area contributed by atoms with E-state index in [2.05, 4.69) is 31.2 Å². The molecule has 0 aromatic carbocycles. The van der Waals surface area contributed by atoms with E-state index >= 15 is 0 Å². The maximum absolute atomic E-state index is 12.7. The first-order valence-corrected chi connectivity index (χ1v) is 9.94. The van der Waals surface area contributed by atoms with Crippen LogP contribution in [0.3, 0.4) is 0 Å². The summed E-state index contributed by atoms with van der Waals surface area (Å²) in [5.41, 5.74) is 1.25. The molecule has 1 atom stereocenters. The zero-order valence-corrected chi connectivity index (χ0v) is 15.7. The Kier molecular flexibility index (Phi) is 5.67. The van der Waals surface area contributed by atoms with E-state index in [1.54, 1.807) is 6.20 Å². The number of carbonyl (C=O) groups is 1. The number of likely N-dealkylation sites (tertiary alicyclic amines) is 2. The first-order chi connectivity index (χ1) is 13.3. The third kappa shape index (κ3) is 4.66. The number of imidazole rings is 1. The summed E-state index contributed by atoms with van der Waals surface area (Å²) in [5.74, 6) is 1.32. The normalized spacial score (nSPS) is 21.9. The molecule has 2 fully saturated rings. The molecule has 1 unspecified atom stereocenters. The molecule has 0 aliphatic carbocycles. The molecule has 144 valence electrons. The molecule has 0 bridgehead atoms. The van der Waals surface area contributed by atoms with E-state index in [9.17, 15) is 4.79 Å². The lowest BCUT2D eigenvalue weighted by molar-refractivity contribution is 0.158. The second-order valence-corrected chi connectivity index (χ2v) is 7.62. The van der Waals surface area contributed by atoms with E-state index in [-0.39, 0.29) is 12.1 Å². The molecule has 27 heavy (non-hydrogen) atoms. The molecule has 2 aromatic heterocycles. The number of piperidine rings is 2. The average molecular weight is 368 g/mol. The Hall–Kier alpha value is -2.41. The van der Waals surface area contributed by atoms with Crippen molar-refractivity contribution < 1.29 is 4.79 Å². The van der Waals surface area contributed by atoms with Crippen molar-refractivity contribution in [3.63, 3.8) is 0 Å². The molecule has 2 N–H and O–H groups in total. The predicted molar refractivity (Wildman–Crippen MR) is 103 cm³/mol. The summed E-state index contributed by atoms with van der Waals surface area (Å²) in [6.07, 6.45) is 11.5. The minimum Gasteiger partial charge on any atom is -0.348 e. The van der Waals surface area contributed by atoms with Crippen molar-refractivity contribution in [1.82, 2.24) is 30.1 Å². The number of aromatic nitrogens is 3. The van der Waals surface area contributed by atoms with Crippen molar-refractivity contribution in [3.8, 4) is 0 Å². The third-order valence-corrected chi connectivity index (χ3v) is 5.66. The fraction of sp³-hybridized carbons (Fsp3) is 0.550. The van der Waals surface area contributed by atoms with E-state index in [1.165, 1.54) is 5.56 Å². The molecule has 0 saturated carbocycles. The van der Waals surface area contributed by atoms with E-state index in [4.69, 9.17) is 0 Å². The van der Waals surface area contributed by atoms with Gasteiger partial charge in [0.2, 0.25) is 0 Å². The highest BCUT2D eigenvalue weighted by atomic mass is 16.2. The largest absolute Gasteiger partial charge is 0.348 e. The summed E-state index contributed by atoms with van der Waals surface area (Å²) < 4.78 is 0. The van der Waals surface area contributed by atoms with E-state index in [0.717, 1.165) is 64.2 Å². The third-order valence-electron chi connectivity index (χ3n) is 5.66. The van der Waals surface area contributed by atoms with Crippen molar-refractivity contribution >= 4 is 6.03 Å². The summed E-state index contributed by atoms with van der Waals surface area (Å²) in [5, 5.41) is 3.26. The van der Waals surface area contributed by atoms with Gasteiger partial charge in [-0.05, 0) is 37.3 Å². The molecule has 2 saturated heterocycles. The van der Waals surface area contributed by atoms with Gasteiger partial charge < -0.3 is 15.2 Å². The fourth-order valence-electron chi connectivity index (χ4n) is 4.14. The maximum Gasteiger partial charge on any atom is 0.317 e. The molecular formula is C20H28N6O. The van der Waals surface area contributed by atoms with Crippen LogP contribution in [0.5, 0.6) is 0 Å². The van der Waals surface area contributed by atoms with Gasteiger partial charge in [-0.25, -0.2) is 9.78 Å². The molecule has 4 rings (SSSR count). The summed E-state index contributed by atoms with van der Waals surface area (Å²) in [6, 6.07) is 4.45. The van der Waals surface area contributed by atoms with Crippen LogP contribution in [-0.4, -0.2) is 63.0 Å². The summed E-state index contributed by atoms with van der Waals surface area (Å²) in [6.45, 7) is 4.54. The number of hydrogen-bond donors (Lipinski definition) is 2. The van der Waals surface area contributed by atoms with Crippen LogP contribution < -0.4 is 5.32 Å². The summed E-state index contributed by atoms with van der Waals surface area (Å²) in [7, 11) is 0. The number of carbonyl (C=O) groups excluding carboxylic acids is 1. The van der Waals surface area contributed by atoms with Crippen LogP contribution in [0.1, 0.15) is 43.0 Å². The number of H-pyrrole nitrogens is 1. The van der Waals surface area contributed by atoms with Crippen molar-refractivity contribution in [1.29, 1.82) is 0 Å². The van der Waals surface area contributed by atoms with Gasteiger partial charge in [-0.1, -0.05) is 6.07 Å². The van der Waals surface area contributed by atoms with Gasteiger partial charge >= 0.3 is 6.03 Å². The van der Waals surface area contributed by atoms with Gasteiger partial charge in [0.15, 0.2) is 0 Å². The lowest BCUT2D eigenvalue weighted by Gasteiger charge is -2.36. The molecule has 2 amide bonds. The van der Waals surface area contributed by atoms with Crippen molar-refractivity contribution in [2.24, 2.45) is 0 Å². The second-order valence-electron chi connectivity index (χ2n) is 7.62. The Balaban J connectivity index is 1.23. The number of aromatic amines is 1. The second kappa shape index (κ2) is 8.52. The molecule has 0 spiro atoms. The van der Waals surface area contributed by atoms with E-state index in [0.29, 0.717) is 5.92 Å². The molecule has 2 aliphatic heterocycles. The topological polar surface area (TPSA) is 77.2 Å². The standard InChI is InChI=1S/C20H28N6O/c27-20(26-10-2-4-17(15-26)19-22-8-9-23-19)24-18-5-11-25(12-6-18)14-16-3-1-7-21-13-16/h1,3,7-9,13,17-18H,2,4-6,10-12,14-15H2,(H,22,23)(H,24,27). The number of pyridine rings is 1. The Morgan fingerprint density at radius 1 is 1.22 bits per heavy atom. The highest BCUT2D eigenvalue weighted by Crippen LogP contribution is 2.24. The van der Waals surface area contributed by atoms with Crippen LogP contribution in [0, 0.1) is 0 Å². The predicted octanol–water partition coefficient (Wildman–Crippen LogP) is 2.36. The van der Waals surface area contributed by atoms with Gasteiger partial charge in [0.25, 0.3) is 0 Å². The zero-order valence-electron chi connectivity index (χ0n) is 15.7. The van der Waals surface area contributed by atoms with Crippen LogP contribution in [-0.2, 0) is 6.54 Å². The van der Waals surface area contributed by atoms with Gasteiger partial charge in [0, 0.05) is 69.5 Å². The molecule has 4 heterocycles. The minimum atomic E-state index is 0.0805. The number of amides is 2. The fourth-order valence-corrected chi connectivity index (χ4v) is 4.14. The number of nitrogens with one attached hydrogen (secondary N) is 2. The van der Waals surface area contributed by atoms with Gasteiger partial charge in [-0.3, -0.25) is 9.88 Å². The van der Waals surface area contributed by atoms with E-state index in [1.807, 2.05) is 29.6 Å². The monoisotopic (exact) mass is 368 g/mol. The Labute approximate surface area is 160 Å². The molecular weight excluding hydrogens is 340 g/mol. The number of rotatable bonds is 4. The minimum absolute atomic E-state index is 0.0805. The highest BCUT2D eigenvalue weighted by Gasteiger charge is 2.28. The molecule has 7 nitrogen and oxygen atoms in total. The molecule has 2 aliphatic rings. The lowest BCUT2D eigenvalue weighted by Crippen LogP contribution is -2.51.